The van der Waals surface area contributed by atoms with Gasteiger partial charge in [0.05, 0.1) is 6.61 Å². The third-order valence-electron chi connectivity index (χ3n) is 3.08. The van der Waals surface area contributed by atoms with Crippen LogP contribution in [0.25, 0.3) is 0 Å². The summed E-state index contributed by atoms with van der Waals surface area (Å²) in [5.41, 5.74) is 2.47. The van der Waals surface area contributed by atoms with Gasteiger partial charge in [-0.1, -0.05) is 41.9 Å². The van der Waals surface area contributed by atoms with E-state index >= 15 is 0 Å². The van der Waals surface area contributed by atoms with Crippen LogP contribution >= 0.6 is 11.6 Å². The Kier molecular flexibility index (Phi) is 5.45. The number of rotatable bonds is 6. The highest BCUT2D eigenvalue weighted by atomic mass is 35.5. The van der Waals surface area contributed by atoms with Crippen molar-refractivity contribution in [2.45, 2.75) is 20.0 Å². The summed E-state index contributed by atoms with van der Waals surface area (Å²) in [4.78, 5) is 2.26. The van der Waals surface area contributed by atoms with E-state index in [2.05, 4.69) is 30.1 Å². The first-order chi connectivity index (χ1) is 9.69. The maximum Gasteiger partial charge on any atom is 0.123 e. The van der Waals surface area contributed by atoms with Crippen LogP contribution in [0.1, 0.15) is 18.1 Å². The molecule has 2 aromatic carbocycles. The van der Waals surface area contributed by atoms with Gasteiger partial charge in [0.2, 0.25) is 0 Å². The highest BCUT2D eigenvalue weighted by Gasteiger charge is 2.06. The third kappa shape index (κ3) is 4.26. The fourth-order valence-electron chi connectivity index (χ4n) is 2.18. The molecule has 0 fully saturated rings. The molecule has 0 spiro atoms. The quantitative estimate of drug-likeness (QED) is 0.783. The summed E-state index contributed by atoms with van der Waals surface area (Å²) in [5, 5.41) is 0.776. The lowest BCUT2D eigenvalue weighted by Gasteiger charge is -2.19. The second kappa shape index (κ2) is 7.32. The fraction of sp³-hybridized carbons (Fsp3) is 0.294. The Morgan fingerprint density at radius 1 is 1.00 bits per heavy atom. The maximum atomic E-state index is 5.90. The molecule has 2 aromatic rings. The average Bonchev–Trinajstić information content (AvgIpc) is 2.44. The summed E-state index contributed by atoms with van der Waals surface area (Å²) in [6.45, 7) is 4.45. The van der Waals surface area contributed by atoms with Crippen molar-refractivity contribution in [1.82, 2.24) is 4.90 Å². The fourth-order valence-corrected chi connectivity index (χ4v) is 2.30. The average molecular weight is 290 g/mol. The zero-order valence-electron chi connectivity index (χ0n) is 12.0. The van der Waals surface area contributed by atoms with Crippen LogP contribution in [0.2, 0.25) is 5.02 Å². The zero-order valence-corrected chi connectivity index (χ0v) is 12.7. The molecule has 0 atom stereocenters. The molecule has 0 bridgehead atoms. The van der Waals surface area contributed by atoms with Gasteiger partial charge in [-0.05, 0) is 37.7 Å². The third-order valence-corrected chi connectivity index (χ3v) is 3.33. The molecular formula is C17H20ClNO. The molecule has 0 aliphatic heterocycles. The molecule has 20 heavy (non-hydrogen) atoms. The van der Waals surface area contributed by atoms with Crippen LogP contribution in [0.5, 0.6) is 5.75 Å². The number of hydrogen-bond acceptors (Lipinski definition) is 2. The predicted octanol–water partition coefficient (Wildman–Crippen LogP) is 4.37. The summed E-state index contributed by atoms with van der Waals surface area (Å²) in [7, 11) is 2.11. The molecule has 2 nitrogen and oxygen atoms in total. The van der Waals surface area contributed by atoms with Crippen molar-refractivity contribution in [2.24, 2.45) is 0 Å². The molecule has 3 heteroatoms. The van der Waals surface area contributed by atoms with E-state index in [-0.39, 0.29) is 0 Å². The predicted molar refractivity (Wildman–Crippen MR) is 84.2 cm³/mol. The van der Waals surface area contributed by atoms with Crippen molar-refractivity contribution in [2.75, 3.05) is 13.7 Å². The van der Waals surface area contributed by atoms with Crippen LogP contribution in [0.3, 0.4) is 0 Å². The molecule has 0 aromatic heterocycles. The summed E-state index contributed by atoms with van der Waals surface area (Å²) < 4.78 is 5.66. The number of ether oxygens (including phenoxy) is 1. The van der Waals surface area contributed by atoms with E-state index in [0.29, 0.717) is 6.61 Å². The molecule has 0 heterocycles. The van der Waals surface area contributed by atoms with E-state index in [1.54, 1.807) is 0 Å². The SMILES string of the molecule is CCOc1ccccc1CN(C)Cc1ccc(Cl)cc1. The van der Waals surface area contributed by atoms with E-state index in [1.165, 1.54) is 11.1 Å². The van der Waals surface area contributed by atoms with E-state index < -0.39 is 0 Å². The number of halogens is 1. The first kappa shape index (κ1) is 14.9. The highest BCUT2D eigenvalue weighted by molar-refractivity contribution is 6.30. The Labute approximate surface area is 125 Å². The molecule has 0 unspecified atom stereocenters. The molecular weight excluding hydrogens is 270 g/mol. The Morgan fingerprint density at radius 3 is 2.40 bits per heavy atom. The second-order valence-electron chi connectivity index (χ2n) is 4.84. The summed E-state index contributed by atoms with van der Waals surface area (Å²) in [6, 6.07) is 16.2. The van der Waals surface area contributed by atoms with Gasteiger partial charge in [0, 0.05) is 23.7 Å². The van der Waals surface area contributed by atoms with Gasteiger partial charge < -0.3 is 4.74 Å². The lowest BCUT2D eigenvalue weighted by Crippen LogP contribution is -2.17. The molecule has 0 aliphatic rings. The molecule has 0 saturated heterocycles. The van der Waals surface area contributed by atoms with E-state index in [4.69, 9.17) is 16.3 Å². The Bertz CT molecular complexity index is 539. The molecule has 2 rings (SSSR count). The van der Waals surface area contributed by atoms with Crippen molar-refractivity contribution in [3.8, 4) is 5.75 Å². The lowest BCUT2D eigenvalue weighted by atomic mass is 10.1. The number of hydrogen-bond donors (Lipinski definition) is 0. The minimum atomic E-state index is 0.692. The van der Waals surface area contributed by atoms with Crippen LogP contribution in [0.15, 0.2) is 48.5 Å². The minimum Gasteiger partial charge on any atom is -0.494 e. The van der Waals surface area contributed by atoms with Crippen LogP contribution in [0.4, 0.5) is 0 Å². The van der Waals surface area contributed by atoms with Crippen molar-refractivity contribution < 1.29 is 4.74 Å². The summed E-state index contributed by atoms with van der Waals surface area (Å²) >= 11 is 5.90. The van der Waals surface area contributed by atoms with Crippen molar-refractivity contribution in [3.63, 3.8) is 0 Å². The largest absolute Gasteiger partial charge is 0.494 e. The van der Waals surface area contributed by atoms with Gasteiger partial charge in [0.25, 0.3) is 0 Å². The van der Waals surface area contributed by atoms with Gasteiger partial charge in [-0.3, -0.25) is 4.90 Å². The number of para-hydroxylation sites is 1. The topological polar surface area (TPSA) is 12.5 Å². The molecule has 0 amide bonds. The standard InChI is InChI=1S/C17H20ClNO/c1-3-20-17-7-5-4-6-15(17)13-19(2)12-14-8-10-16(18)11-9-14/h4-11H,3,12-13H2,1-2H3. The van der Waals surface area contributed by atoms with Gasteiger partial charge in [-0.25, -0.2) is 0 Å². The van der Waals surface area contributed by atoms with Gasteiger partial charge in [-0.2, -0.15) is 0 Å². The lowest BCUT2D eigenvalue weighted by molar-refractivity contribution is 0.298. The number of benzene rings is 2. The molecule has 106 valence electrons. The smallest absolute Gasteiger partial charge is 0.123 e. The Balaban J connectivity index is 2.00. The van der Waals surface area contributed by atoms with Crippen molar-refractivity contribution >= 4 is 11.6 Å². The van der Waals surface area contributed by atoms with Crippen LogP contribution in [-0.4, -0.2) is 18.6 Å². The normalized spacial score (nSPS) is 10.8. The molecule has 0 saturated carbocycles. The summed E-state index contributed by atoms with van der Waals surface area (Å²) in [6.07, 6.45) is 0. The van der Waals surface area contributed by atoms with Gasteiger partial charge >= 0.3 is 0 Å². The van der Waals surface area contributed by atoms with Crippen molar-refractivity contribution in [3.05, 3.63) is 64.7 Å². The monoisotopic (exact) mass is 289 g/mol. The van der Waals surface area contributed by atoms with Gasteiger partial charge in [0.1, 0.15) is 5.75 Å². The van der Waals surface area contributed by atoms with Crippen LogP contribution < -0.4 is 4.74 Å². The van der Waals surface area contributed by atoms with Gasteiger partial charge in [0.15, 0.2) is 0 Å². The minimum absolute atomic E-state index is 0.692. The van der Waals surface area contributed by atoms with Crippen LogP contribution in [-0.2, 0) is 13.1 Å². The highest BCUT2D eigenvalue weighted by Crippen LogP contribution is 2.20. The first-order valence-corrected chi connectivity index (χ1v) is 7.20. The van der Waals surface area contributed by atoms with E-state index in [0.717, 1.165) is 23.9 Å². The molecule has 0 radical (unpaired) electrons. The Hall–Kier alpha value is -1.51. The molecule has 0 aliphatic carbocycles. The number of nitrogens with zero attached hydrogens (tertiary/aromatic N) is 1. The summed E-state index contributed by atoms with van der Waals surface area (Å²) in [5.74, 6) is 0.970. The van der Waals surface area contributed by atoms with E-state index in [9.17, 15) is 0 Å². The second-order valence-corrected chi connectivity index (χ2v) is 5.28. The zero-order chi connectivity index (χ0) is 14.4. The van der Waals surface area contributed by atoms with Gasteiger partial charge in [-0.15, -0.1) is 0 Å². The van der Waals surface area contributed by atoms with E-state index in [1.807, 2.05) is 37.3 Å². The van der Waals surface area contributed by atoms with Crippen molar-refractivity contribution in [1.29, 1.82) is 0 Å². The molecule has 0 N–H and O–H groups in total. The maximum absolute atomic E-state index is 5.90. The Morgan fingerprint density at radius 2 is 1.70 bits per heavy atom. The van der Waals surface area contributed by atoms with Crippen LogP contribution in [0, 0.1) is 0 Å². The first-order valence-electron chi connectivity index (χ1n) is 6.82.